The number of hydrogen-bond donors (Lipinski definition) is 1. The monoisotopic (exact) mass is 240 g/mol. The number of rotatable bonds is 5. The maximum atomic E-state index is 10.4. The van der Waals surface area contributed by atoms with Gasteiger partial charge in [-0.05, 0) is 51.7 Å². The van der Waals surface area contributed by atoms with Gasteiger partial charge in [0.1, 0.15) is 0 Å². The molecular weight excluding hydrogens is 212 g/mol. The van der Waals surface area contributed by atoms with E-state index in [9.17, 15) is 5.11 Å². The largest absolute Gasteiger partial charge is 0.389 e. The Labute approximate surface area is 106 Å². The smallest absolute Gasteiger partial charge is 0.0768 e. The molecule has 0 aliphatic carbocycles. The van der Waals surface area contributed by atoms with Crippen LogP contribution in [0.4, 0.5) is 0 Å². The Balaban J connectivity index is 1.81. The molecule has 0 radical (unpaired) electrons. The van der Waals surface area contributed by atoms with Crippen LogP contribution in [0.5, 0.6) is 0 Å². The van der Waals surface area contributed by atoms with Gasteiger partial charge in [0, 0.05) is 19.1 Å². The summed E-state index contributed by atoms with van der Waals surface area (Å²) in [4.78, 5) is 5.12. The molecule has 3 nitrogen and oxygen atoms in total. The SMILES string of the molecule is CCC(O)(CC)CN1CCC(N2CCCC2)C1. The van der Waals surface area contributed by atoms with Gasteiger partial charge in [-0.1, -0.05) is 13.8 Å². The Kier molecular flexibility index (Phi) is 4.45. The van der Waals surface area contributed by atoms with Crippen molar-refractivity contribution in [3.05, 3.63) is 0 Å². The summed E-state index contributed by atoms with van der Waals surface area (Å²) < 4.78 is 0. The lowest BCUT2D eigenvalue weighted by atomic mass is 9.97. The predicted octanol–water partition coefficient (Wildman–Crippen LogP) is 1.71. The summed E-state index contributed by atoms with van der Waals surface area (Å²) in [5.74, 6) is 0. The second-order valence-corrected chi connectivity index (χ2v) is 5.85. The molecule has 17 heavy (non-hydrogen) atoms. The van der Waals surface area contributed by atoms with Crippen molar-refractivity contribution in [3.8, 4) is 0 Å². The highest BCUT2D eigenvalue weighted by molar-refractivity contribution is 4.89. The van der Waals surface area contributed by atoms with E-state index in [1.54, 1.807) is 0 Å². The minimum absolute atomic E-state index is 0.458. The Morgan fingerprint density at radius 1 is 1.12 bits per heavy atom. The second-order valence-electron chi connectivity index (χ2n) is 5.85. The minimum Gasteiger partial charge on any atom is -0.389 e. The first kappa shape index (κ1) is 13.3. The maximum Gasteiger partial charge on any atom is 0.0768 e. The van der Waals surface area contributed by atoms with Crippen molar-refractivity contribution in [1.82, 2.24) is 9.80 Å². The van der Waals surface area contributed by atoms with E-state index in [4.69, 9.17) is 0 Å². The normalized spacial score (nSPS) is 28.1. The molecule has 2 heterocycles. The molecule has 1 atom stereocenters. The second kappa shape index (κ2) is 5.68. The molecule has 1 unspecified atom stereocenters. The average molecular weight is 240 g/mol. The van der Waals surface area contributed by atoms with Crippen LogP contribution in [0.2, 0.25) is 0 Å². The zero-order chi connectivity index (χ0) is 12.3. The minimum atomic E-state index is -0.458. The van der Waals surface area contributed by atoms with Crippen molar-refractivity contribution in [2.75, 3.05) is 32.7 Å². The van der Waals surface area contributed by atoms with Gasteiger partial charge in [0.25, 0.3) is 0 Å². The number of nitrogens with zero attached hydrogens (tertiary/aromatic N) is 2. The molecule has 2 aliphatic rings. The molecule has 0 bridgehead atoms. The first-order valence-corrected chi connectivity index (χ1v) is 7.35. The summed E-state index contributed by atoms with van der Waals surface area (Å²) in [6, 6.07) is 0.760. The van der Waals surface area contributed by atoms with Crippen LogP contribution in [0.1, 0.15) is 46.0 Å². The highest BCUT2D eigenvalue weighted by Gasteiger charge is 2.33. The third-order valence-electron chi connectivity index (χ3n) is 4.74. The number of likely N-dealkylation sites (tertiary alicyclic amines) is 2. The predicted molar refractivity (Wildman–Crippen MR) is 71.2 cm³/mol. The topological polar surface area (TPSA) is 26.7 Å². The number of hydrogen-bond acceptors (Lipinski definition) is 3. The Bertz CT molecular complexity index is 234. The average Bonchev–Trinajstić information content (AvgIpc) is 2.98. The van der Waals surface area contributed by atoms with Gasteiger partial charge in [-0.2, -0.15) is 0 Å². The van der Waals surface area contributed by atoms with Gasteiger partial charge in [-0.15, -0.1) is 0 Å². The standard InChI is InChI=1S/C14H28N2O/c1-3-14(17,4-2)12-15-10-7-13(11-15)16-8-5-6-9-16/h13,17H,3-12H2,1-2H3. The van der Waals surface area contributed by atoms with Crippen molar-refractivity contribution in [2.45, 2.75) is 57.6 Å². The lowest BCUT2D eigenvalue weighted by molar-refractivity contribution is 0.00102. The summed E-state index contributed by atoms with van der Waals surface area (Å²) in [7, 11) is 0. The van der Waals surface area contributed by atoms with Crippen LogP contribution >= 0.6 is 0 Å². The van der Waals surface area contributed by atoms with Crippen LogP contribution in [0.3, 0.4) is 0 Å². The third-order valence-corrected chi connectivity index (χ3v) is 4.74. The highest BCUT2D eigenvalue weighted by Crippen LogP contribution is 2.24. The molecule has 2 rings (SSSR count). The van der Waals surface area contributed by atoms with E-state index in [0.29, 0.717) is 0 Å². The van der Waals surface area contributed by atoms with Gasteiger partial charge in [-0.25, -0.2) is 0 Å². The van der Waals surface area contributed by atoms with Gasteiger partial charge in [0.05, 0.1) is 5.60 Å². The Hall–Kier alpha value is -0.120. The molecule has 0 spiro atoms. The summed E-state index contributed by atoms with van der Waals surface area (Å²) in [5, 5.41) is 10.4. The summed E-state index contributed by atoms with van der Waals surface area (Å²) >= 11 is 0. The van der Waals surface area contributed by atoms with Crippen molar-refractivity contribution in [2.24, 2.45) is 0 Å². The first-order valence-electron chi connectivity index (χ1n) is 7.35. The van der Waals surface area contributed by atoms with Gasteiger partial charge in [0.15, 0.2) is 0 Å². The number of β-amino-alcohol motifs (C(OH)–C–C–N with tert-alkyl or cyclic N) is 1. The van der Waals surface area contributed by atoms with Crippen LogP contribution in [-0.4, -0.2) is 59.3 Å². The highest BCUT2D eigenvalue weighted by atomic mass is 16.3. The fourth-order valence-corrected chi connectivity index (χ4v) is 3.25. The summed E-state index contributed by atoms with van der Waals surface area (Å²) in [6.45, 7) is 9.99. The first-order chi connectivity index (χ1) is 8.17. The fourth-order valence-electron chi connectivity index (χ4n) is 3.25. The van der Waals surface area contributed by atoms with E-state index in [1.807, 2.05) is 0 Å². The van der Waals surface area contributed by atoms with Crippen molar-refractivity contribution >= 4 is 0 Å². The number of aliphatic hydroxyl groups is 1. The Morgan fingerprint density at radius 3 is 2.35 bits per heavy atom. The van der Waals surface area contributed by atoms with Gasteiger partial charge in [0.2, 0.25) is 0 Å². The van der Waals surface area contributed by atoms with E-state index in [-0.39, 0.29) is 0 Å². The van der Waals surface area contributed by atoms with E-state index >= 15 is 0 Å². The molecule has 1 N–H and O–H groups in total. The van der Waals surface area contributed by atoms with Crippen LogP contribution in [0, 0.1) is 0 Å². The molecule has 0 aromatic heterocycles. The van der Waals surface area contributed by atoms with E-state index in [1.165, 1.54) is 45.4 Å². The zero-order valence-electron chi connectivity index (χ0n) is 11.5. The van der Waals surface area contributed by atoms with Crippen LogP contribution in [0.25, 0.3) is 0 Å². The molecule has 100 valence electrons. The Morgan fingerprint density at radius 2 is 1.76 bits per heavy atom. The molecule has 0 aromatic rings. The molecule has 0 saturated carbocycles. The van der Waals surface area contributed by atoms with Gasteiger partial charge < -0.3 is 5.11 Å². The fraction of sp³-hybridized carbons (Fsp3) is 1.00. The summed E-state index contributed by atoms with van der Waals surface area (Å²) in [6.07, 6.45) is 5.79. The molecule has 2 fully saturated rings. The zero-order valence-corrected chi connectivity index (χ0v) is 11.5. The van der Waals surface area contributed by atoms with Gasteiger partial charge >= 0.3 is 0 Å². The van der Waals surface area contributed by atoms with E-state index < -0.39 is 5.60 Å². The van der Waals surface area contributed by atoms with Crippen molar-refractivity contribution < 1.29 is 5.11 Å². The summed E-state index contributed by atoms with van der Waals surface area (Å²) in [5.41, 5.74) is -0.458. The molecule has 0 amide bonds. The molecule has 3 heteroatoms. The van der Waals surface area contributed by atoms with Crippen molar-refractivity contribution in [3.63, 3.8) is 0 Å². The lowest BCUT2D eigenvalue weighted by Crippen LogP contribution is -2.43. The molecule has 2 aliphatic heterocycles. The lowest BCUT2D eigenvalue weighted by Gasteiger charge is -2.31. The quantitative estimate of drug-likeness (QED) is 0.792. The molecule has 0 aromatic carbocycles. The maximum absolute atomic E-state index is 10.4. The van der Waals surface area contributed by atoms with Crippen LogP contribution < -0.4 is 0 Å². The van der Waals surface area contributed by atoms with Crippen LogP contribution in [0.15, 0.2) is 0 Å². The van der Waals surface area contributed by atoms with Crippen LogP contribution in [-0.2, 0) is 0 Å². The molecule has 2 saturated heterocycles. The third kappa shape index (κ3) is 3.21. The van der Waals surface area contributed by atoms with Gasteiger partial charge in [-0.3, -0.25) is 9.80 Å². The van der Waals surface area contributed by atoms with Crippen molar-refractivity contribution in [1.29, 1.82) is 0 Å². The van der Waals surface area contributed by atoms with E-state index in [2.05, 4.69) is 23.6 Å². The molecular formula is C14H28N2O. The van der Waals surface area contributed by atoms with E-state index in [0.717, 1.165) is 25.4 Å².